The molecule has 1 aromatic rings. The molecular formula is C8H14N2O4S. The number of hydrogen-bond acceptors (Lipinski definition) is 5. The third kappa shape index (κ3) is 4.93. The fourth-order valence-corrected chi connectivity index (χ4v) is 1.46. The molecule has 0 amide bonds. The topological polar surface area (TPSA) is 106 Å². The number of sulfonamides is 1. The maximum Gasteiger partial charge on any atom is 0.210 e. The minimum atomic E-state index is -3.41. The lowest BCUT2D eigenvalue weighted by atomic mass is 10.4. The van der Waals surface area contributed by atoms with Gasteiger partial charge in [-0.15, -0.1) is 0 Å². The van der Waals surface area contributed by atoms with Gasteiger partial charge in [-0.2, -0.15) is 0 Å². The Morgan fingerprint density at radius 2 is 2.07 bits per heavy atom. The monoisotopic (exact) mass is 234 g/mol. The molecule has 0 aliphatic carbocycles. The maximum absolute atomic E-state index is 10.6. The van der Waals surface area contributed by atoms with Crippen LogP contribution in [0.4, 0.5) is 0 Å². The number of hydrogen-bond donors (Lipinski definition) is 3. The Hall–Kier alpha value is -0.890. The Balaban J connectivity index is 2.26. The van der Waals surface area contributed by atoms with Gasteiger partial charge in [0.05, 0.1) is 12.3 Å². The molecule has 6 nitrogen and oxygen atoms in total. The van der Waals surface area contributed by atoms with Crippen LogP contribution in [0.15, 0.2) is 16.5 Å². The molecule has 0 aliphatic heterocycles. The van der Waals surface area contributed by atoms with Crippen molar-refractivity contribution in [1.82, 2.24) is 5.32 Å². The summed E-state index contributed by atoms with van der Waals surface area (Å²) in [6.45, 7) is 0.542. The quantitative estimate of drug-likeness (QED) is 0.556. The number of furan rings is 1. The number of primary sulfonamides is 1. The van der Waals surface area contributed by atoms with Crippen LogP contribution in [0.25, 0.3) is 0 Å². The Morgan fingerprint density at radius 1 is 1.40 bits per heavy atom. The van der Waals surface area contributed by atoms with E-state index in [-0.39, 0.29) is 18.9 Å². The van der Waals surface area contributed by atoms with Crippen molar-refractivity contribution in [1.29, 1.82) is 0 Å². The molecule has 0 radical (unpaired) electrons. The van der Waals surface area contributed by atoms with Crippen LogP contribution in [0.5, 0.6) is 0 Å². The first-order valence-corrected chi connectivity index (χ1v) is 6.12. The highest BCUT2D eigenvalue weighted by Crippen LogP contribution is 2.06. The first kappa shape index (κ1) is 12.2. The molecule has 86 valence electrons. The van der Waals surface area contributed by atoms with Gasteiger partial charge < -0.3 is 14.8 Å². The van der Waals surface area contributed by atoms with Crippen LogP contribution in [0.2, 0.25) is 0 Å². The first-order chi connectivity index (χ1) is 7.01. The number of aliphatic hydroxyl groups excluding tert-OH is 1. The van der Waals surface area contributed by atoms with Crippen LogP contribution < -0.4 is 10.5 Å². The summed E-state index contributed by atoms with van der Waals surface area (Å²) in [7, 11) is -3.41. The van der Waals surface area contributed by atoms with E-state index in [1.54, 1.807) is 12.1 Å². The second-order valence-electron chi connectivity index (χ2n) is 3.07. The van der Waals surface area contributed by atoms with E-state index in [0.29, 0.717) is 18.1 Å². The van der Waals surface area contributed by atoms with Crippen LogP contribution >= 0.6 is 0 Å². The summed E-state index contributed by atoms with van der Waals surface area (Å²) in [6.07, 6.45) is 0. The summed E-state index contributed by atoms with van der Waals surface area (Å²) in [5.41, 5.74) is 0. The van der Waals surface area contributed by atoms with Gasteiger partial charge in [0.1, 0.15) is 18.1 Å². The van der Waals surface area contributed by atoms with Gasteiger partial charge in [0.15, 0.2) is 0 Å². The average molecular weight is 234 g/mol. The zero-order chi connectivity index (χ0) is 11.3. The lowest BCUT2D eigenvalue weighted by molar-refractivity contribution is 0.243. The van der Waals surface area contributed by atoms with Crippen molar-refractivity contribution < 1.29 is 17.9 Å². The van der Waals surface area contributed by atoms with Crippen molar-refractivity contribution in [2.75, 3.05) is 12.3 Å². The SMILES string of the molecule is NS(=O)(=O)CCNCc1ccc(CO)o1. The van der Waals surface area contributed by atoms with Gasteiger partial charge in [-0.3, -0.25) is 0 Å². The predicted octanol–water partition coefficient (Wildman–Crippen LogP) is -0.850. The summed E-state index contributed by atoms with van der Waals surface area (Å²) >= 11 is 0. The van der Waals surface area contributed by atoms with E-state index < -0.39 is 10.0 Å². The van der Waals surface area contributed by atoms with Crippen LogP contribution in [0.1, 0.15) is 11.5 Å². The van der Waals surface area contributed by atoms with Crippen molar-refractivity contribution >= 4 is 10.0 Å². The number of nitrogens with one attached hydrogen (secondary N) is 1. The Labute approximate surface area is 88.1 Å². The summed E-state index contributed by atoms with van der Waals surface area (Å²) < 4.78 is 26.3. The van der Waals surface area contributed by atoms with E-state index in [0.717, 1.165) is 0 Å². The van der Waals surface area contributed by atoms with E-state index in [2.05, 4.69) is 5.32 Å². The smallest absolute Gasteiger partial charge is 0.210 e. The van der Waals surface area contributed by atoms with Crippen molar-refractivity contribution in [3.8, 4) is 0 Å². The molecule has 0 saturated heterocycles. The van der Waals surface area contributed by atoms with Gasteiger partial charge in [-0.1, -0.05) is 0 Å². The molecule has 0 aliphatic rings. The van der Waals surface area contributed by atoms with E-state index in [1.807, 2.05) is 0 Å². The first-order valence-electron chi connectivity index (χ1n) is 4.41. The molecule has 1 heterocycles. The maximum atomic E-state index is 10.6. The molecule has 0 fully saturated rings. The third-order valence-corrected chi connectivity index (χ3v) is 2.51. The summed E-state index contributed by atoms with van der Waals surface area (Å²) in [5, 5.41) is 16.4. The minimum absolute atomic E-state index is 0.111. The number of nitrogens with two attached hydrogens (primary N) is 1. The van der Waals surface area contributed by atoms with E-state index in [4.69, 9.17) is 14.7 Å². The predicted molar refractivity (Wildman–Crippen MR) is 54.3 cm³/mol. The van der Waals surface area contributed by atoms with E-state index in [1.165, 1.54) is 0 Å². The lowest BCUT2D eigenvalue weighted by Gasteiger charge is -2.00. The van der Waals surface area contributed by atoms with Crippen molar-refractivity contribution in [2.24, 2.45) is 5.14 Å². The highest BCUT2D eigenvalue weighted by atomic mass is 32.2. The van der Waals surface area contributed by atoms with Gasteiger partial charge >= 0.3 is 0 Å². The summed E-state index contributed by atoms with van der Waals surface area (Å²) in [4.78, 5) is 0. The molecule has 15 heavy (non-hydrogen) atoms. The summed E-state index contributed by atoms with van der Waals surface area (Å²) in [6, 6.07) is 3.38. The van der Waals surface area contributed by atoms with Gasteiger partial charge in [0, 0.05) is 6.54 Å². The standard InChI is InChI=1S/C8H14N2O4S/c9-15(12,13)4-3-10-5-7-1-2-8(6-11)14-7/h1-2,10-11H,3-6H2,(H2,9,12,13). The molecule has 0 spiro atoms. The summed E-state index contributed by atoms with van der Waals surface area (Å²) in [5.74, 6) is 1.02. The van der Waals surface area contributed by atoms with Gasteiger partial charge in [-0.05, 0) is 12.1 Å². The van der Waals surface area contributed by atoms with Crippen LogP contribution in [0, 0.1) is 0 Å². The second-order valence-corrected chi connectivity index (χ2v) is 4.80. The molecule has 7 heteroatoms. The van der Waals surface area contributed by atoms with Gasteiger partial charge in [0.25, 0.3) is 0 Å². The van der Waals surface area contributed by atoms with Crippen LogP contribution in [0.3, 0.4) is 0 Å². The zero-order valence-electron chi connectivity index (χ0n) is 8.14. The fourth-order valence-electron chi connectivity index (χ4n) is 1.03. The third-order valence-electron chi connectivity index (χ3n) is 1.74. The number of aliphatic hydroxyl groups is 1. The van der Waals surface area contributed by atoms with Crippen molar-refractivity contribution in [3.05, 3.63) is 23.7 Å². The lowest BCUT2D eigenvalue weighted by Crippen LogP contribution is -2.26. The highest BCUT2D eigenvalue weighted by molar-refractivity contribution is 7.89. The molecule has 0 unspecified atom stereocenters. The highest BCUT2D eigenvalue weighted by Gasteiger charge is 2.03. The van der Waals surface area contributed by atoms with Crippen LogP contribution in [-0.2, 0) is 23.2 Å². The van der Waals surface area contributed by atoms with Crippen LogP contribution in [-0.4, -0.2) is 25.8 Å². The molecule has 0 aromatic carbocycles. The molecular weight excluding hydrogens is 220 g/mol. The molecule has 1 aromatic heterocycles. The Bertz CT molecular complexity index is 399. The Morgan fingerprint density at radius 3 is 2.60 bits per heavy atom. The Kier molecular flexibility index (Phi) is 4.28. The minimum Gasteiger partial charge on any atom is -0.462 e. The van der Waals surface area contributed by atoms with E-state index in [9.17, 15) is 8.42 Å². The zero-order valence-corrected chi connectivity index (χ0v) is 8.96. The molecule has 1 rings (SSSR count). The molecule has 0 atom stereocenters. The molecule has 0 bridgehead atoms. The van der Waals surface area contributed by atoms with Crippen molar-refractivity contribution in [2.45, 2.75) is 13.2 Å². The van der Waals surface area contributed by atoms with Crippen molar-refractivity contribution in [3.63, 3.8) is 0 Å². The largest absolute Gasteiger partial charge is 0.462 e. The fraction of sp³-hybridized carbons (Fsp3) is 0.500. The number of rotatable bonds is 6. The van der Waals surface area contributed by atoms with Gasteiger partial charge in [-0.25, -0.2) is 13.6 Å². The normalized spacial score (nSPS) is 11.9. The van der Waals surface area contributed by atoms with E-state index >= 15 is 0 Å². The average Bonchev–Trinajstić information content (AvgIpc) is 2.59. The second kappa shape index (κ2) is 5.26. The molecule has 4 N–H and O–H groups in total. The molecule has 0 saturated carbocycles. The van der Waals surface area contributed by atoms with Gasteiger partial charge in [0.2, 0.25) is 10.0 Å².